The Labute approximate surface area is 152 Å². The minimum absolute atomic E-state index is 0.833. The average Bonchev–Trinajstić information content (AvgIpc) is 2.62. The van der Waals surface area contributed by atoms with Crippen molar-refractivity contribution < 1.29 is 9.46 Å². The molecule has 136 valence electrons. The Morgan fingerprint density at radius 3 is 1.08 bits per heavy atom. The fourth-order valence-corrected chi connectivity index (χ4v) is 3.06. The van der Waals surface area contributed by atoms with Crippen molar-refractivity contribution in [2.45, 2.75) is 53.4 Å². The van der Waals surface area contributed by atoms with E-state index in [1.807, 2.05) is 0 Å². The highest BCUT2D eigenvalue weighted by Crippen LogP contribution is 2.32. The van der Waals surface area contributed by atoms with Gasteiger partial charge in [0.25, 0.3) is 0 Å². The van der Waals surface area contributed by atoms with Gasteiger partial charge < -0.3 is 16.4 Å². The molecule has 0 aromatic heterocycles. The van der Waals surface area contributed by atoms with Gasteiger partial charge in [0.2, 0.25) is 0 Å². The van der Waals surface area contributed by atoms with Crippen LogP contribution in [-0.2, 0) is 30.2 Å². The molecule has 0 atom stereocenters. The van der Waals surface area contributed by atoms with Crippen LogP contribution in [0.3, 0.4) is 0 Å². The summed E-state index contributed by atoms with van der Waals surface area (Å²) in [6.45, 7) is 8.64. The zero-order valence-corrected chi connectivity index (χ0v) is 16.5. The molecular formula is C20H29N2O2P. The highest BCUT2D eigenvalue weighted by atomic mass is 31.1. The maximum absolute atomic E-state index is 8.46. The lowest BCUT2D eigenvalue weighted by Crippen LogP contribution is -2.02. The molecule has 0 aliphatic carbocycles. The monoisotopic (exact) mass is 360 g/mol. The molecule has 2 aromatic carbocycles. The van der Waals surface area contributed by atoms with Gasteiger partial charge in [-0.3, -0.25) is 0 Å². The van der Waals surface area contributed by atoms with Gasteiger partial charge in [-0.15, -0.1) is 0 Å². The van der Waals surface area contributed by atoms with Crippen LogP contribution in [0.1, 0.15) is 49.9 Å². The first-order valence-electron chi connectivity index (χ1n) is 8.76. The summed E-state index contributed by atoms with van der Waals surface area (Å²) in [7, 11) is -0.833. The van der Waals surface area contributed by atoms with Gasteiger partial charge in [0.1, 0.15) is 0 Å². The number of rotatable bonds is 5. The zero-order chi connectivity index (χ0) is 19.0. The molecule has 2 rings (SSSR count). The van der Waals surface area contributed by atoms with Gasteiger partial charge in [-0.25, -0.2) is 4.57 Å². The van der Waals surface area contributed by atoms with Crippen molar-refractivity contribution in [3.05, 3.63) is 46.5 Å². The first kappa shape index (κ1) is 21.1. The summed E-state index contributed by atoms with van der Waals surface area (Å²) in [6.07, 6.45) is 3.84. The predicted octanol–water partition coefficient (Wildman–Crippen LogP) is 4.95. The summed E-state index contributed by atoms with van der Waals surface area (Å²) in [5, 5.41) is 0. The van der Waals surface area contributed by atoms with Crippen LogP contribution in [0.25, 0.3) is 11.1 Å². The average molecular weight is 360 g/mol. The molecule has 0 unspecified atom stereocenters. The maximum Gasteiger partial charge on any atom is 0.324 e. The van der Waals surface area contributed by atoms with E-state index in [1.165, 1.54) is 33.4 Å². The third-order valence-electron chi connectivity index (χ3n) is 4.56. The van der Waals surface area contributed by atoms with Gasteiger partial charge in [-0.2, -0.15) is 0 Å². The number of nitrogen functional groups attached to an aromatic ring is 2. The molecule has 0 bridgehead atoms. The molecule has 0 heterocycles. The molecule has 0 saturated carbocycles. The molecule has 5 heteroatoms. The molecule has 4 nitrogen and oxygen atoms in total. The van der Waals surface area contributed by atoms with Crippen LogP contribution in [0, 0.1) is 0 Å². The van der Waals surface area contributed by atoms with Crippen LogP contribution in [0.15, 0.2) is 24.3 Å². The molecule has 0 radical (unpaired) electrons. The quantitative estimate of drug-likeness (QED) is 0.520. The smallest absolute Gasteiger partial charge is 0.324 e. The van der Waals surface area contributed by atoms with Crippen molar-refractivity contribution >= 4 is 20.1 Å². The summed E-state index contributed by atoms with van der Waals surface area (Å²) < 4.78 is 8.46. The second-order valence-electron chi connectivity index (χ2n) is 5.91. The Kier molecular flexibility index (Phi) is 8.60. The highest BCUT2D eigenvalue weighted by Gasteiger charge is 2.11. The van der Waals surface area contributed by atoms with Gasteiger partial charge in [0, 0.05) is 11.4 Å². The summed E-state index contributed by atoms with van der Waals surface area (Å²) in [5.41, 5.74) is 21.9. The van der Waals surface area contributed by atoms with Gasteiger partial charge in [0.15, 0.2) is 0 Å². The molecule has 2 aromatic rings. The van der Waals surface area contributed by atoms with E-state index in [-0.39, 0.29) is 0 Å². The van der Waals surface area contributed by atoms with E-state index in [1.54, 1.807) is 0 Å². The Morgan fingerprint density at radius 1 is 0.720 bits per heavy atom. The zero-order valence-electron chi connectivity index (χ0n) is 15.6. The van der Waals surface area contributed by atoms with E-state index in [0.717, 1.165) is 37.1 Å². The number of hydrogen-bond acceptors (Lipinski definition) is 3. The van der Waals surface area contributed by atoms with E-state index in [9.17, 15) is 0 Å². The van der Waals surface area contributed by atoms with Crippen molar-refractivity contribution in [1.82, 2.24) is 0 Å². The Balaban J connectivity index is 0.000000970. The standard InChI is InChI=1S/C20H28N2.HO2P/c1-5-13-9-17(10-14(6-2)19(13)21)18-11-15(7-3)20(22)16(8-4)12-18;1-3-2/h9-12H,5-8,21-22H2,1-4H3;(H,1,2). The Morgan fingerprint density at radius 2 is 0.920 bits per heavy atom. The largest absolute Gasteiger partial charge is 0.398 e. The second kappa shape index (κ2) is 10.2. The summed E-state index contributed by atoms with van der Waals surface area (Å²) in [6, 6.07) is 8.94. The molecular weight excluding hydrogens is 331 g/mol. The molecule has 25 heavy (non-hydrogen) atoms. The van der Waals surface area contributed by atoms with Crippen molar-refractivity contribution in [1.29, 1.82) is 0 Å². The van der Waals surface area contributed by atoms with Crippen LogP contribution in [0.4, 0.5) is 11.4 Å². The topological polar surface area (TPSA) is 89.3 Å². The molecule has 0 spiro atoms. The van der Waals surface area contributed by atoms with Gasteiger partial charge in [0.05, 0.1) is 0 Å². The second-order valence-corrected chi connectivity index (χ2v) is 6.08. The van der Waals surface area contributed by atoms with Crippen LogP contribution in [-0.4, -0.2) is 4.89 Å². The van der Waals surface area contributed by atoms with Crippen LogP contribution >= 0.6 is 8.69 Å². The third kappa shape index (κ3) is 5.04. The van der Waals surface area contributed by atoms with Crippen molar-refractivity contribution in [3.63, 3.8) is 0 Å². The Hall–Kier alpha value is -1.90. The third-order valence-corrected chi connectivity index (χ3v) is 4.56. The minimum atomic E-state index is -0.833. The van der Waals surface area contributed by atoms with E-state index in [2.05, 4.69) is 52.0 Å². The number of nitrogens with two attached hydrogens (primary N) is 2. The first-order chi connectivity index (χ1) is 12.0. The number of aryl methyl sites for hydroxylation is 4. The summed E-state index contributed by atoms with van der Waals surface area (Å²) in [5.74, 6) is 0. The van der Waals surface area contributed by atoms with E-state index >= 15 is 0 Å². The molecule has 0 fully saturated rings. The molecule has 0 amide bonds. The number of anilines is 2. The van der Waals surface area contributed by atoms with Gasteiger partial charge in [-0.1, -0.05) is 27.7 Å². The highest BCUT2D eigenvalue weighted by molar-refractivity contribution is 7.16. The van der Waals surface area contributed by atoms with Gasteiger partial charge in [-0.05, 0) is 83.3 Å². The van der Waals surface area contributed by atoms with Crippen LogP contribution in [0.2, 0.25) is 0 Å². The lowest BCUT2D eigenvalue weighted by Gasteiger charge is -2.16. The fraction of sp³-hybridized carbons (Fsp3) is 0.400. The van der Waals surface area contributed by atoms with Gasteiger partial charge >= 0.3 is 8.69 Å². The van der Waals surface area contributed by atoms with E-state index in [4.69, 9.17) is 20.9 Å². The first-order valence-corrected chi connectivity index (χ1v) is 9.53. The van der Waals surface area contributed by atoms with E-state index in [0.29, 0.717) is 0 Å². The van der Waals surface area contributed by atoms with E-state index < -0.39 is 8.69 Å². The molecule has 5 N–H and O–H groups in total. The lowest BCUT2D eigenvalue weighted by molar-refractivity contribution is 0.524. The van der Waals surface area contributed by atoms with Crippen LogP contribution < -0.4 is 11.5 Å². The van der Waals surface area contributed by atoms with Crippen LogP contribution in [0.5, 0.6) is 0 Å². The molecule has 0 aliphatic rings. The van der Waals surface area contributed by atoms with Crippen molar-refractivity contribution in [3.8, 4) is 11.1 Å². The maximum atomic E-state index is 8.46. The lowest BCUT2D eigenvalue weighted by atomic mass is 9.92. The SMILES string of the molecule is CCc1cc(-c2cc(CC)c(N)c(CC)c2)cc(CC)c1N.O=PO. The fourth-order valence-electron chi connectivity index (χ4n) is 3.06. The predicted molar refractivity (Wildman–Crippen MR) is 108 cm³/mol. The normalized spacial score (nSPS) is 10.4. The Bertz CT molecular complexity index is 620. The molecule has 0 saturated heterocycles. The number of benzene rings is 2. The minimum Gasteiger partial charge on any atom is -0.398 e. The summed E-state index contributed by atoms with van der Waals surface area (Å²) in [4.78, 5) is 6.99. The molecule has 0 aliphatic heterocycles. The van der Waals surface area contributed by atoms with Crippen molar-refractivity contribution in [2.75, 3.05) is 11.5 Å². The van der Waals surface area contributed by atoms with Crippen molar-refractivity contribution in [2.24, 2.45) is 0 Å². The summed E-state index contributed by atoms with van der Waals surface area (Å²) >= 11 is 0. The number of hydrogen-bond donors (Lipinski definition) is 3.